The molecule has 1 N–H and O–H groups in total. The van der Waals surface area contributed by atoms with Crippen LogP contribution in [0.15, 0.2) is 47.1 Å². The van der Waals surface area contributed by atoms with Crippen molar-refractivity contribution in [2.24, 2.45) is 0 Å². The van der Waals surface area contributed by atoms with E-state index in [1.807, 2.05) is 35.7 Å². The highest BCUT2D eigenvalue weighted by atomic mass is 35.5. The second-order valence-electron chi connectivity index (χ2n) is 4.83. The van der Waals surface area contributed by atoms with Crippen LogP contribution >= 0.6 is 34.7 Å². The van der Waals surface area contributed by atoms with E-state index in [1.165, 1.54) is 18.1 Å². The number of thiophene rings is 1. The van der Waals surface area contributed by atoms with Crippen LogP contribution in [0.5, 0.6) is 0 Å². The van der Waals surface area contributed by atoms with E-state index in [-0.39, 0.29) is 5.91 Å². The van der Waals surface area contributed by atoms with Crippen LogP contribution in [0.2, 0.25) is 5.02 Å². The monoisotopic (exact) mass is 363 g/mol. The molecule has 0 fully saturated rings. The van der Waals surface area contributed by atoms with E-state index in [4.69, 9.17) is 11.6 Å². The Morgan fingerprint density at radius 1 is 1.22 bits per heavy atom. The Kier molecular flexibility index (Phi) is 5.48. The molecule has 0 aliphatic heterocycles. The van der Waals surface area contributed by atoms with Crippen LogP contribution in [0.1, 0.15) is 5.56 Å². The quantitative estimate of drug-likeness (QED) is 0.534. The van der Waals surface area contributed by atoms with Gasteiger partial charge in [0.25, 0.3) is 0 Å². The second kappa shape index (κ2) is 7.77. The van der Waals surface area contributed by atoms with Crippen LogP contribution in [0, 0.1) is 0 Å². The molecule has 0 aliphatic rings. The van der Waals surface area contributed by atoms with Gasteiger partial charge in [0.15, 0.2) is 0 Å². The van der Waals surface area contributed by atoms with Gasteiger partial charge in [0.2, 0.25) is 5.91 Å². The number of fused-ring (bicyclic) bond motifs is 1. The highest BCUT2D eigenvalue weighted by Crippen LogP contribution is 2.28. The van der Waals surface area contributed by atoms with Crippen LogP contribution < -0.4 is 5.32 Å². The van der Waals surface area contributed by atoms with Crippen molar-refractivity contribution in [3.8, 4) is 0 Å². The fourth-order valence-corrected chi connectivity index (χ4v) is 3.95. The average molecular weight is 364 g/mol. The van der Waals surface area contributed by atoms with Crippen molar-refractivity contribution >= 4 is 50.8 Å². The zero-order valence-electron chi connectivity index (χ0n) is 12.2. The summed E-state index contributed by atoms with van der Waals surface area (Å²) in [7, 11) is 0. The first kappa shape index (κ1) is 16.2. The molecule has 0 spiro atoms. The van der Waals surface area contributed by atoms with Crippen molar-refractivity contribution in [3.05, 3.63) is 52.6 Å². The van der Waals surface area contributed by atoms with Gasteiger partial charge in [0.05, 0.1) is 16.0 Å². The lowest BCUT2D eigenvalue weighted by Crippen LogP contribution is -2.27. The Labute approximate surface area is 147 Å². The lowest BCUT2D eigenvalue weighted by Gasteiger charge is -2.05. The van der Waals surface area contributed by atoms with E-state index >= 15 is 0 Å². The van der Waals surface area contributed by atoms with E-state index < -0.39 is 0 Å². The molecule has 2 aromatic heterocycles. The van der Waals surface area contributed by atoms with Gasteiger partial charge in [-0.25, -0.2) is 9.97 Å². The zero-order valence-corrected chi connectivity index (χ0v) is 14.5. The number of hydrogen-bond acceptors (Lipinski definition) is 5. The standard InChI is InChI=1S/C16H14ClN3OS2/c17-12-3-1-11(2-4-12)5-7-18-14(21)9-23-16-15-13(6-8-22-15)19-10-20-16/h1-4,6,8,10H,5,7,9H2,(H,18,21). The second-order valence-corrected chi connectivity index (χ2v) is 7.15. The molecule has 23 heavy (non-hydrogen) atoms. The van der Waals surface area contributed by atoms with E-state index in [0.29, 0.717) is 12.3 Å². The van der Waals surface area contributed by atoms with E-state index in [2.05, 4.69) is 15.3 Å². The van der Waals surface area contributed by atoms with Crippen molar-refractivity contribution in [3.63, 3.8) is 0 Å². The molecule has 0 saturated carbocycles. The molecule has 1 aromatic carbocycles. The lowest BCUT2D eigenvalue weighted by atomic mass is 10.1. The van der Waals surface area contributed by atoms with E-state index in [9.17, 15) is 4.79 Å². The first-order valence-electron chi connectivity index (χ1n) is 7.04. The third-order valence-corrected chi connectivity index (χ3v) is 5.48. The Morgan fingerprint density at radius 3 is 2.87 bits per heavy atom. The van der Waals surface area contributed by atoms with Gasteiger partial charge in [0, 0.05) is 11.6 Å². The lowest BCUT2D eigenvalue weighted by molar-refractivity contribution is -0.118. The topological polar surface area (TPSA) is 54.9 Å². The first-order valence-corrected chi connectivity index (χ1v) is 9.29. The highest BCUT2D eigenvalue weighted by Gasteiger charge is 2.08. The minimum absolute atomic E-state index is 0.00674. The summed E-state index contributed by atoms with van der Waals surface area (Å²) >= 11 is 8.88. The fraction of sp³-hybridized carbons (Fsp3) is 0.188. The van der Waals surface area contributed by atoms with E-state index in [1.54, 1.807) is 11.3 Å². The number of rotatable bonds is 6. The number of hydrogen-bond donors (Lipinski definition) is 1. The van der Waals surface area contributed by atoms with Crippen molar-refractivity contribution in [1.29, 1.82) is 0 Å². The molecule has 3 rings (SSSR count). The number of thioether (sulfide) groups is 1. The Bertz CT molecular complexity index is 804. The number of benzene rings is 1. The summed E-state index contributed by atoms with van der Waals surface area (Å²) in [6.07, 6.45) is 2.33. The molecule has 3 aromatic rings. The molecule has 118 valence electrons. The molecule has 0 bridgehead atoms. The van der Waals surface area contributed by atoms with Gasteiger partial charge in [-0.3, -0.25) is 4.79 Å². The SMILES string of the molecule is O=C(CSc1ncnc2ccsc12)NCCc1ccc(Cl)cc1. The van der Waals surface area contributed by atoms with Crippen molar-refractivity contribution in [2.45, 2.75) is 11.4 Å². The molecule has 0 aliphatic carbocycles. The van der Waals surface area contributed by atoms with Gasteiger partial charge in [0.1, 0.15) is 11.4 Å². The maximum absolute atomic E-state index is 11.9. The Morgan fingerprint density at radius 2 is 2.04 bits per heavy atom. The Balaban J connectivity index is 1.46. The number of aromatic nitrogens is 2. The summed E-state index contributed by atoms with van der Waals surface area (Å²) < 4.78 is 1.03. The van der Waals surface area contributed by atoms with Crippen LogP contribution in [0.4, 0.5) is 0 Å². The summed E-state index contributed by atoms with van der Waals surface area (Å²) in [5.74, 6) is 0.359. The normalized spacial score (nSPS) is 10.8. The zero-order chi connectivity index (χ0) is 16.1. The molecule has 0 radical (unpaired) electrons. The fourth-order valence-electron chi connectivity index (χ4n) is 2.05. The molecule has 0 saturated heterocycles. The minimum atomic E-state index is 0.00674. The molecule has 0 unspecified atom stereocenters. The number of nitrogens with one attached hydrogen (secondary N) is 1. The van der Waals surface area contributed by atoms with Crippen LogP contribution in [-0.4, -0.2) is 28.2 Å². The third kappa shape index (κ3) is 4.43. The number of amides is 1. The van der Waals surface area contributed by atoms with E-state index in [0.717, 1.165) is 32.2 Å². The molecule has 7 heteroatoms. The smallest absolute Gasteiger partial charge is 0.230 e. The Hall–Kier alpha value is -1.63. The van der Waals surface area contributed by atoms with Crippen molar-refractivity contribution < 1.29 is 4.79 Å². The summed E-state index contributed by atoms with van der Waals surface area (Å²) in [5, 5.41) is 6.49. The summed E-state index contributed by atoms with van der Waals surface area (Å²) in [6.45, 7) is 0.610. The first-order chi connectivity index (χ1) is 11.2. The molecule has 2 heterocycles. The molecular formula is C16H14ClN3OS2. The van der Waals surface area contributed by atoms with Crippen LogP contribution in [0.3, 0.4) is 0 Å². The third-order valence-electron chi connectivity index (χ3n) is 3.20. The minimum Gasteiger partial charge on any atom is -0.355 e. The summed E-state index contributed by atoms with van der Waals surface area (Å²) in [5.41, 5.74) is 2.08. The van der Waals surface area contributed by atoms with Gasteiger partial charge < -0.3 is 5.32 Å². The predicted octanol–water partition coefficient (Wildman–Crippen LogP) is 3.80. The van der Waals surface area contributed by atoms with Crippen molar-refractivity contribution in [2.75, 3.05) is 12.3 Å². The predicted molar refractivity (Wildman–Crippen MR) is 96.3 cm³/mol. The molecule has 1 amide bonds. The molecule has 0 atom stereocenters. The van der Waals surface area contributed by atoms with Crippen LogP contribution in [0.25, 0.3) is 10.2 Å². The van der Waals surface area contributed by atoms with Gasteiger partial charge in [-0.2, -0.15) is 0 Å². The summed E-state index contributed by atoms with van der Waals surface area (Å²) in [6, 6.07) is 9.61. The number of halogens is 1. The number of carbonyl (C=O) groups excluding carboxylic acids is 1. The number of carbonyl (C=O) groups is 1. The van der Waals surface area contributed by atoms with Crippen molar-refractivity contribution in [1.82, 2.24) is 15.3 Å². The van der Waals surface area contributed by atoms with Gasteiger partial charge in [-0.15, -0.1) is 11.3 Å². The average Bonchev–Trinajstić information content (AvgIpc) is 3.04. The maximum atomic E-state index is 11.9. The van der Waals surface area contributed by atoms with Gasteiger partial charge in [-0.1, -0.05) is 35.5 Å². The molecule has 4 nitrogen and oxygen atoms in total. The largest absolute Gasteiger partial charge is 0.355 e. The number of nitrogens with zero attached hydrogens (tertiary/aromatic N) is 2. The highest BCUT2D eigenvalue weighted by molar-refractivity contribution is 8.00. The van der Waals surface area contributed by atoms with Crippen LogP contribution in [-0.2, 0) is 11.2 Å². The summed E-state index contributed by atoms with van der Waals surface area (Å²) in [4.78, 5) is 20.4. The van der Waals surface area contributed by atoms with Gasteiger partial charge in [-0.05, 0) is 35.6 Å². The van der Waals surface area contributed by atoms with Gasteiger partial charge >= 0.3 is 0 Å². The molecular weight excluding hydrogens is 350 g/mol. The maximum Gasteiger partial charge on any atom is 0.230 e.